The van der Waals surface area contributed by atoms with Crippen LogP contribution in [0, 0.1) is 17.5 Å². The minimum absolute atomic E-state index is 0.325. The van der Waals surface area contributed by atoms with Crippen LogP contribution in [0.25, 0.3) is 11.1 Å². The molecule has 0 fully saturated rings. The summed E-state index contributed by atoms with van der Waals surface area (Å²) in [5.74, 6) is -7.03. The van der Waals surface area contributed by atoms with Gasteiger partial charge in [0, 0.05) is 5.56 Å². The van der Waals surface area contributed by atoms with Gasteiger partial charge in [0.2, 0.25) is 5.91 Å². The highest BCUT2D eigenvalue weighted by molar-refractivity contribution is 7.12. The lowest BCUT2D eigenvalue weighted by atomic mass is 10.1. The number of nitrogens with one attached hydrogen (secondary N) is 2. The first-order valence-corrected chi connectivity index (χ1v) is 9.75. The molecule has 0 aliphatic rings. The number of thiophene rings is 1. The van der Waals surface area contributed by atoms with Gasteiger partial charge in [0.1, 0.15) is 4.88 Å². The normalized spacial score (nSPS) is 10.4. The van der Waals surface area contributed by atoms with Gasteiger partial charge in [-0.1, -0.05) is 30.3 Å². The van der Waals surface area contributed by atoms with Crippen LogP contribution in [0.2, 0.25) is 0 Å². The Labute approximate surface area is 178 Å². The lowest BCUT2D eigenvalue weighted by Gasteiger charge is -2.09. The van der Waals surface area contributed by atoms with Gasteiger partial charge in [0.15, 0.2) is 24.1 Å². The number of ether oxygens (including phenoxy) is 1. The third-order valence-corrected chi connectivity index (χ3v) is 4.92. The number of amides is 2. The number of carbonyl (C=O) groups excluding carboxylic acids is 3. The lowest BCUT2D eigenvalue weighted by molar-refractivity contribution is -0.126. The number of carbonyl (C=O) groups is 3. The zero-order valence-corrected chi connectivity index (χ0v) is 16.6. The van der Waals surface area contributed by atoms with E-state index in [0.29, 0.717) is 16.5 Å². The summed E-state index contributed by atoms with van der Waals surface area (Å²) in [6.45, 7) is -1.24. The van der Waals surface area contributed by atoms with Gasteiger partial charge >= 0.3 is 5.97 Å². The van der Waals surface area contributed by atoms with Crippen LogP contribution in [0.4, 0.5) is 18.9 Å². The quantitative estimate of drug-likeness (QED) is 0.426. The summed E-state index contributed by atoms with van der Waals surface area (Å²) in [7, 11) is 0. The number of anilines is 1. The first-order valence-electron chi connectivity index (χ1n) is 8.87. The zero-order chi connectivity index (χ0) is 22.4. The third-order valence-electron chi connectivity index (χ3n) is 4.03. The van der Waals surface area contributed by atoms with Gasteiger partial charge < -0.3 is 15.4 Å². The van der Waals surface area contributed by atoms with Crippen molar-refractivity contribution in [3.8, 4) is 11.1 Å². The molecule has 2 amide bonds. The van der Waals surface area contributed by atoms with Crippen molar-refractivity contribution in [3.63, 3.8) is 0 Å². The number of hydrogen-bond acceptors (Lipinski definition) is 5. The summed E-state index contributed by atoms with van der Waals surface area (Å²) in [5, 5.41) is 5.91. The Hall–Kier alpha value is -3.66. The molecule has 0 aliphatic carbocycles. The van der Waals surface area contributed by atoms with Crippen molar-refractivity contribution in [2.45, 2.75) is 0 Å². The molecule has 0 atom stereocenters. The van der Waals surface area contributed by atoms with Crippen LogP contribution in [-0.2, 0) is 14.3 Å². The SMILES string of the molecule is O=C(COC(=O)c1sccc1-c1ccccc1)NCC(=O)Nc1ccc(F)c(F)c1F. The van der Waals surface area contributed by atoms with Crippen LogP contribution in [0.15, 0.2) is 53.9 Å². The summed E-state index contributed by atoms with van der Waals surface area (Å²) in [5.41, 5.74) is 0.918. The molecule has 6 nitrogen and oxygen atoms in total. The molecule has 10 heteroatoms. The van der Waals surface area contributed by atoms with E-state index in [1.165, 1.54) is 0 Å². The Kier molecular flexibility index (Phi) is 7.03. The Balaban J connectivity index is 1.49. The number of halogens is 3. The maximum atomic E-state index is 13.5. The minimum atomic E-state index is -1.72. The molecule has 2 aromatic carbocycles. The van der Waals surface area contributed by atoms with Crippen molar-refractivity contribution in [1.29, 1.82) is 0 Å². The molecule has 3 rings (SSSR count). The molecule has 1 heterocycles. The molecule has 0 saturated carbocycles. The van der Waals surface area contributed by atoms with Crippen molar-refractivity contribution in [3.05, 3.63) is 76.2 Å². The average Bonchev–Trinajstić information content (AvgIpc) is 3.27. The number of benzene rings is 2. The molecule has 1 aromatic heterocycles. The summed E-state index contributed by atoms with van der Waals surface area (Å²) in [4.78, 5) is 36.2. The predicted molar refractivity (Wildman–Crippen MR) is 108 cm³/mol. The Bertz CT molecular complexity index is 1120. The van der Waals surface area contributed by atoms with E-state index >= 15 is 0 Å². The van der Waals surface area contributed by atoms with Crippen LogP contribution in [-0.4, -0.2) is 30.9 Å². The van der Waals surface area contributed by atoms with E-state index in [1.54, 1.807) is 11.4 Å². The van der Waals surface area contributed by atoms with Crippen LogP contribution in [0.5, 0.6) is 0 Å². The molecule has 0 spiro atoms. The zero-order valence-electron chi connectivity index (χ0n) is 15.8. The Morgan fingerprint density at radius 2 is 1.65 bits per heavy atom. The van der Waals surface area contributed by atoms with Crippen molar-refractivity contribution < 1.29 is 32.3 Å². The fraction of sp³-hybridized carbons (Fsp3) is 0.0952. The average molecular weight is 448 g/mol. The van der Waals surface area contributed by atoms with Crippen LogP contribution in [0.1, 0.15) is 9.67 Å². The molecule has 2 N–H and O–H groups in total. The number of hydrogen-bond donors (Lipinski definition) is 2. The smallest absolute Gasteiger partial charge is 0.349 e. The van der Waals surface area contributed by atoms with Gasteiger partial charge in [0.05, 0.1) is 12.2 Å². The molecule has 0 saturated heterocycles. The van der Waals surface area contributed by atoms with Crippen molar-refractivity contribution in [2.24, 2.45) is 0 Å². The van der Waals surface area contributed by atoms with Crippen LogP contribution in [0.3, 0.4) is 0 Å². The van der Waals surface area contributed by atoms with Gasteiger partial charge in [-0.3, -0.25) is 9.59 Å². The van der Waals surface area contributed by atoms with E-state index in [4.69, 9.17) is 4.74 Å². The number of rotatable bonds is 7. The molecule has 31 heavy (non-hydrogen) atoms. The van der Waals surface area contributed by atoms with E-state index < -0.39 is 54.1 Å². The fourth-order valence-electron chi connectivity index (χ4n) is 2.56. The highest BCUT2D eigenvalue weighted by atomic mass is 32.1. The molecular formula is C21H15F3N2O4S. The van der Waals surface area contributed by atoms with E-state index in [1.807, 2.05) is 35.6 Å². The van der Waals surface area contributed by atoms with Crippen LogP contribution >= 0.6 is 11.3 Å². The summed E-state index contributed by atoms with van der Waals surface area (Å²) >= 11 is 1.16. The lowest BCUT2D eigenvalue weighted by Crippen LogP contribution is -2.35. The second-order valence-corrected chi connectivity index (χ2v) is 7.07. The van der Waals surface area contributed by atoms with E-state index in [9.17, 15) is 27.6 Å². The van der Waals surface area contributed by atoms with Gasteiger partial charge in [-0.05, 0) is 29.1 Å². The Morgan fingerprint density at radius 3 is 2.39 bits per heavy atom. The summed E-state index contributed by atoms with van der Waals surface area (Å²) in [6.07, 6.45) is 0. The number of esters is 1. The molecule has 0 bridgehead atoms. The van der Waals surface area contributed by atoms with Crippen LogP contribution < -0.4 is 10.6 Å². The monoisotopic (exact) mass is 448 g/mol. The highest BCUT2D eigenvalue weighted by Crippen LogP contribution is 2.28. The second-order valence-electron chi connectivity index (χ2n) is 6.15. The molecule has 160 valence electrons. The predicted octanol–water partition coefficient (Wildman–Crippen LogP) is 3.74. The third kappa shape index (κ3) is 5.48. The first kappa shape index (κ1) is 22.0. The molecular weight excluding hydrogens is 433 g/mol. The second kappa shape index (κ2) is 9.90. The van der Waals surface area contributed by atoms with Gasteiger partial charge in [0.25, 0.3) is 5.91 Å². The van der Waals surface area contributed by atoms with E-state index in [2.05, 4.69) is 5.32 Å². The molecule has 3 aromatic rings. The van der Waals surface area contributed by atoms with Gasteiger partial charge in [-0.25, -0.2) is 18.0 Å². The maximum Gasteiger partial charge on any atom is 0.349 e. The summed E-state index contributed by atoms with van der Waals surface area (Å²) < 4.78 is 44.6. The largest absolute Gasteiger partial charge is 0.451 e. The van der Waals surface area contributed by atoms with Crippen molar-refractivity contribution in [2.75, 3.05) is 18.5 Å². The minimum Gasteiger partial charge on any atom is -0.451 e. The first-order chi connectivity index (χ1) is 14.9. The Morgan fingerprint density at radius 1 is 0.903 bits per heavy atom. The van der Waals surface area contributed by atoms with Crippen molar-refractivity contribution >= 4 is 34.8 Å². The van der Waals surface area contributed by atoms with Crippen molar-refractivity contribution in [1.82, 2.24) is 5.32 Å². The standard InChI is InChI=1S/C21H15F3N2O4S/c22-14-6-7-15(19(24)18(14)23)26-16(27)10-25-17(28)11-30-21(29)20-13(8-9-31-20)12-4-2-1-3-5-12/h1-9H,10-11H2,(H,25,28)(H,26,27). The highest BCUT2D eigenvalue weighted by Gasteiger charge is 2.18. The molecule has 0 aliphatic heterocycles. The van der Waals surface area contributed by atoms with E-state index in [-0.39, 0.29) is 0 Å². The van der Waals surface area contributed by atoms with Gasteiger partial charge in [-0.15, -0.1) is 11.3 Å². The molecule has 0 radical (unpaired) electrons. The molecule has 0 unspecified atom stereocenters. The van der Waals surface area contributed by atoms with E-state index in [0.717, 1.165) is 23.0 Å². The summed E-state index contributed by atoms with van der Waals surface area (Å²) in [6, 6.07) is 12.4. The topological polar surface area (TPSA) is 84.5 Å². The fourth-order valence-corrected chi connectivity index (χ4v) is 3.36. The maximum absolute atomic E-state index is 13.5. The van der Waals surface area contributed by atoms with Gasteiger partial charge in [-0.2, -0.15) is 0 Å².